The molecule has 1 amide bonds. The molecule has 0 saturated carbocycles. The number of amides is 1. The Morgan fingerprint density at radius 3 is 2.18 bits per heavy atom. The van der Waals surface area contributed by atoms with Crippen LogP contribution in [-0.4, -0.2) is 11.9 Å². The van der Waals surface area contributed by atoms with Crippen LogP contribution in [0.1, 0.15) is 40.5 Å². The maximum Gasteiger partial charge on any atom is 0.217 e. The third-order valence-electron chi connectivity index (χ3n) is 2.16. The molecule has 0 aromatic rings. The molecule has 0 heterocycles. The first-order valence-corrected chi connectivity index (χ1v) is 4.38. The van der Waals surface area contributed by atoms with Crippen LogP contribution in [0, 0.1) is 5.92 Å². The average Bonchev–Trinajstić information content (AvgIpc) is 1.98. The van der Waals surface area contributed by atoms with Crippen LogP contribution in [-0.2, 0) is 4.79 Å². The molecule has 0 aliphatic heterocycles. The van der Waals surface area contributed by atoms with E-state index in [1.165, 1.54) is 0 Å². The Bertz CT molecular complexity index is 123. The summed E-state index contributed by atoms with van der Waals surface area (Å²) in [7, 11) is 0. The second-order valence-electron chi connectivity index (χ2n) is 3.10. The third kappa shape index (κ3) is 4.02. The standard InChI is InChI=1S/C9H19NO/c1-5-7(3)9(6-2)10-8(4)11/h7,9H,5-6H2,1-4H3,(H,10,11)/t7-,9+/m0/s1. The molecule has 2 atom stereocenters. The first-order valence-electron chi connectivity index (χ1n) is 4.38. The van der Waals surface area contributed by atoms with Crippen molar-refractivity contribution in [3.05, 3.63) is 0 Å². The maximum absolute atomic E-state index is 10.7. The van der Waals surface area contributed by atoms with Gasteiger partial charge >= 0.3 is 0 Å². The summed E-state index contributed by atoms with van der Waals surface area (Å²) in [6.07, 6.45) is 2.15. The van der Waals surface area contributed by atoms with E-state index < -0.39 is 0 Å². The minimum absolute atomic E-state index is 0.0807. The lowest BCUT2D eigenvalue weighted by atomic mass is 9.97. The summed E-state index contributed by atoms with van der Waals surface area (Å²) in [5.74, 6) is 0.668. The second kappa shape index (κ2) is 5.16. The van der Waals surface area contributed by atoms with Gasteiger partial charge in [0.25, 0.3) is 0 Å². The van der Waals surface area contributed by atoms with E-state index in [1.807, 2.05) is 0 Å². The van der Waals surface area contributed by atoms with Crippen LogP contribution in [0.2, 0.25) is 0 Å². The molecule has 0 saturated heterocycles. The van der Waals surface area contributed by atoms with E-state index in [9.17, 15) is 4.79 Å². The fourth-order valence-electron chi connectivity index (χ4n) is 1.19. The Morgan fingerprint density at radius 2 is 1.91 bits per heavy atom. The van der Waals surface area contributed by atoms with Crippen molar-refractivity contribution in [3.8, 4) is 0 Å². The summed E-state index contributed by atoms with van der Waals surface area (Å²) in [5.41, 5.74) is 0. The highest BCUT2D eigenvalue weighted by Crippen LogP contribution is 2.09. The number of carbonyl (C=O) groups is 1. The van der Waals surface area contributed by atoms with Crippen LogP contribution in [0.5, 0.6) is 0 Å². The predicted octanol–water partition coefficient (Wildman–Crippen LogP) is 1.95. The van der Waals surface area contributed by atoms with Crippen molar-refractivity contribution in [1.29, 1.82) is 0 Å². The Labute approximate surface area is 69.4 Å². The molecule has 2 nitrogen and oxygen atoms in total. The molecule has 0 aliphatic rings. The highest BCUT2D eigenvalue weighted by molar-refractivity contribution is 5.73. The molecule has 0 aromatic heterocycles. The van der Waals surface area contributed by atoms with Crippen LogP contribution in [0.3, 0.4) is 0 Å². The number of nitrogens with one attached hydrogen (secondary N) is 1. The Balaban J connectivity index is 3.84. The van der Waals surface area contributed by atoms with Gasteiger partial charge in [0.15, 0.2) is 0 Å². The van der Waals surface area contributed by atoms with Crippen molar-refractivity contribution in [3.63, 3.8) is 0 Å². The lowest BCUT2D eigenvalue weighted by Crippen LogP contribution is -2.37. The van der Waals surface area contributed by atoms with Gasteiger partial charge in [-0.2, -0.15) is 0 Å². The van der Waals surface area contributed by atoms with Crippen LogP contribution < -0.4 is 5.32 Å². The van der Waals surface area contributed by atoms with E-state index in [4.69, 9.17) is 0 Å². The van der Waals surface area contributed by atoms with Crippen LogP contribution in [0.25, 0.3) is 0 Å². The quantitative estimate of drug-likeness (QED) is 0.664. The molecular weight excluding hydrogens is 138 g/mol. The average molecular weight is 157 g/mol. The summed E-state index contributed by atoms with van der Waals surface area (Å²) in [4.78, 5) is 10.7. The lowest BCUT2D eigenvalue weighted by molar-refractivity contribution is -0.120. The first-order chi connectivity index (χ1) is 5.11. The van der Waals surface area contributed by atoms with Gasteiger partial charge in [-0.1, -0.05) is 27.2 Å². The number of rotatable bonds is 4. The molecule has 0 rings (SSSR count). The molecule has 0 unspecified atom stereocenters. The smallest absolute Gasteiger partial charge is 0.217 e. The van der Waals surface area contributed by atoms with Gasteiger partial charge < -0.3 is 5.32 Å². The summed E-state index contributed by atoms with van der Waals surface area (Å²) in [6, 6.07) is 0.359. The molecule has 2 heteroatoms. The topological polar surface area (TPSA) is 29.1 Å². The maximum atomic E-state index is 10.7. The van der Waals surface area contributed by atoms with Gasteiger partial charge in [-0.25, -0.2) is 0 Å². The van der Waals surface area contributed by atoms with E-state index in [2.05, 4.69) is 26.1 Å². The largest absolute Gasteiger partial charge is 0.353 e. The fraction of sp³-hybridized carbons (Fsp3) is 0.889. The molecule has 11 heavy (non-hydrogen) atoms. The van der Waals surface area contributed by atoms with Gasteiger partial charge in [0.2, 0.25) is 5.91 Å². The SMILES string of the molecule is CC[C@H](C)[C@@H](CC)NC(C)=O. The molecule has 1 N–H and O–H groups in total. The van der Waals surface area contributed by atoms with Gasteiger partial charge in [0.1, 0.15) is 0 Å². The molecule has 0 aliphatic carbocycles. The zero-order valence-electron chi connectivity index (χ0n) is 7.98. The van der Waals surface area contributed by atoms with E-state index in [1.54, 1.807) is 6.92 Å². The molecular formula is C9H19NO. The van der Waals surface area contributed by atoms with Gasteiger partial charge in [-0.05, 0) is 12.3 Å². The monoisotopic (exact) mass is 157 g/mol. The van der Waals surface area contributed by atoms with Crippen LogP contribution >= 0.6 is 0 Å². The number of carbonyl (C=O) groups excluding carboxylic acids is 1. The highest BCUT2D eigenvalue weighted by atomic mass is 16.1. The van der Waals surface area contributed by atoms with Gasteiger partial charge in [-0.3, -0.25) is 4.79 Å². The zero-order valence-corrected chi connectivity index (χ0v) is 7.98. The van der Waals surface area contributed by atoms with E-state index in [0.717, 1.165) is 12.8 Å². The lowest BCUT2D eigenvalue weighted by Gasteiger charge is -2.21. The Hall–Kier alpha value is -0.530. The van der Waals surface area contributed by atoms with Gasteiger partial charge in [0.05, 0.1) is 0 Å². The molecule has 0 radical (unpaired) electrons. The first kappa shape index (κ1) is 10.5. The van der Waals surface area contributed by atoms with Crippen molar-refractivity contribution in [1.82, 2.24) is 5.32 Å². The van der Waals surface area contributed by atoms with Crippen molar-refractivity contribution in [2.75, 3.05) is 0 Å². The zero-order chi connectivity index (χ0) is 8.85. The van der Waals surface area contributed by atoms with Crippen molar-refractivity contribution in [2.45, 2.75) is 46.6 Å². The molecule has 0 bridgehead atoms. The van der Waals surface area contributed by atoms with Gasteiger partial charge in [-0.15, -0.1) is 0 Å². The second-order valence-corrected chi connectivity index (χ2v) is 3.10. The van der Waals surface area contributed by atoms with E-state index in [-0.39, 0.29) is 5.91 Å². The highest BCUT2D eigenvalue weighted by Gasteiger charge is 2.13. The number of hydrogen-bond donors (Lipinski definition) is 1. The Morgan fingerprint density at radius 1 is 1.36 bits per heavy atom. The van der Waals surface area contributed by atoms with Crippen LogP contribution in [0.4, 0.5) is 0 Å². The molecule has 0 aromatic carbocycles. The molecule has 0 fully saturated rings. The van der Waals surface area contributed by atoms with Crippen molar-refractivity contribution < 1.29 is 4.79 Å². The summed E-state index contributed by atoms with van der Waals surface area (Å²) in [6.45, 7) is 8.00. The number of hydrogen-bond acceptors (Lipinski definition) is 1. The van der Waals surface area contributed by atoms with E-state index >= 15 is 0 Å². The Kier molecular flexibility index (Phi) is 4.92. The minimum atomic E-state index is 0.0807. The normalized spacial score (nSPS) is 15.6. The summed E-state index contributed by atoms with van der Waals surface area (Å²) < 4.78 is 0. The van der Waals surface area contributed by atoms with Crippen molar-refractivity contribution in [2.24, 2.45) is 5.92 Å². The minimum Gasteiger partial charge on any atom is -0.353 e. The summed E-state index contributed by atoms with van der Waals surface area (Å²) >= 11 is 0. The predicted molar refractivity (Wildman–Crippen MR) is 47.4 cm³/mol. The fourth-order valence-corrected chi connectivity index (χ4v) is 1.19. The summed E-state index contributed by atoms with van der Waals surface area (Å²) in [5, 5.41) is 2.94. The van der Waals surface area contributed by atoms with Crippen molar-refractivity contribution >= 4 is 5.91 Å². The molecule has 0 spiro atoms. The molecule has 66 valence electrons. The van der Waals surface area contributed by atoms with E-state index in [0.29, 0.717) is 12.0 Å². The van der Waals surface area contributed by atoms with Crippen LogP contribution in [0.15, 0.2) is 0 Å². The van der Waals surface area contributed by atoms with Gasteiger partial charge in [0, 0.05) is 13.0 Å². The third-order valence-corrected chi connectivity index (χ3v) is 2.16.